The van der Waals surface area contributed by atoms with Gasteiger partial charge in [0.2, 0.25) is 0 Å². The number of aliphatic hydroxyl groups is 1. The van der Waals surface area contributed by atoms with Crippen molar-refractivity contribution in [2.24, 2.45) is 0 Å². The normalized spacial score (nSPS) is 14.6. The first-order valence-corrected chi connectivity index (χ1v) is 12.7. The predicted octanol–water partition coefficient (Wildman–Crippen LogP) is 5.93. The Kier molecular flexibility index (Phi) is 11.0. The molecule has 1 aliphatic rings. The van der Waals surface area contributed by atoms with Gasteiger partial charge in [-0.2, -0.15) is 0 Å². The fourth-order valence-electron chi connectivity index (χ4n) is 4.29. The molecule has 5 nitrogen and oxygen atoms in total. The van der Waals surface area contributed by atoms with Crippen LogP contribution in [0.25, 0.3) is 0 Å². The molecule has 0 aliphatic carbocycles. The molecular weight excluding hydrogens is 538 g/mol. The van der Waals surface area contributed by atoms with Gasteiger partial charge in [0, 0.05) is 44.8 Å². The van der Waals surface area contributed by atoms with Crippen LogP contribution in [0.15, 0.2) is 66.7 Å². The minimum Gasteiger partial charge on any atom is -0.490 e. The molecule has 0 bridgehead atoms. The third-order valence-corrected chi connectivity index (χ3v) is 7.01. The molecule has 9 heteroatoms. The molecule has 1 N–H and O–H groups in total. The Morgan fingerprint density at radius 2 is 1.70 bits per heavy atom. The number of hydrogen-bond donors (Lipinski definition) is 1. The molecule has 0 aromatic heterocycles. The standard InChI is InChI=1S/C28H29Cl2FN2O3.ClH/c29-25-9-8-22(17-26(25)30)33-14-12-32(13-15-33)18-23(34)19-36-28-11-7-21(31)16-24(28)27(35)10-6-20-4-2-1-3-5-20;/h1-5,7-9,11,16-17,23,34H,6,10,12-15,18-19H2;1H. The number of aliphatic hydroxyl groups excluding tert-OH is 1. The smallest absolute Gasteiger partial charge is 0.167 e. The molecule has 3 aromatic rings. The van der Waals surface area contributed by atoms with E-state index in [1.807, 2.05) is 42.5 Å². The number of carbonyl (C=O) groups is 1. The van der Waals surface area contributed by atoms with Crippen LogP contribution in [0.4, 0.5) is 10.1 Å². The van der Waals surface area contributed by atoms with Gasteiger partial charge >= 0.3 is 0 Å². The quantitative estimate of drug-likeness (QED) is 0.308. The average Bonchev–Trinajstić information content (AvgIpc) is 2.89. The molecule has 0 spiro atoms. The van der Waals surface area contributed by atoms with E-state index in [1.54, 1.807) is 6.07 Å². The number of nitrogens with zero attached hydrogens (tertiary/aromatic N) is 2. The van der Waals surface area contributed by atoms with Crippen LogP contribution in [0.5, 0.6) is 5.75 Å². The predicted molar refractivity (Wildman–Crippen MR) is 149 cm³/mol. The van der Waals surface area contributed by atoms with Crippen LogP contribution in [-0.2, 0) is 6.42 Å². The van der Waals surface area contributed by atoms with Gasteiger partial charge in [-0.1, -0.05) is 53.5 Å². The highest BCUT2D eigenvalue weighted by Gasteiger charge is 2.21. The van der Waals surface area contributed by atoms with Crippen LogP contribution in [0, 0.1) is 5.82 Å². The van der Waals surface area contributed by atoms with E-state index in [2.05, 4.69) is 9.80 Å². The van der Waals surface area contributed by atoms with Crippen molar-refractivity contribution in [1.29, 1.82) is 0 Å². The summed E-state index contributed by atoms with van der Waals surface area (Å²) >= 11 is 12.2. The fraction of sp³-hybridized carbons (Fsp3) is 0.321. The van der Waals surface area contributed by atoms with Crippen molar-refractivity contribution in [2.45, 2.75) is 18.9 Å². The average molecular weight is 568 g/mol. The van der Waals surface area contributed by atoms with E-state index in [0.29, 0.717) is 23.0 Å². The Hall–Kier alpha value is -2.35. The summed E-state index contributed by atoms with van der Waals surface area (Å²) in [5.41, 5.74) is 2.27. The van der Waals surface area contributed by atoms with E-state index >= 15 is 0 Å². The SMILES string of the molecule is Cl.O=C(CCc1ccccc1)c1cc(F)ccc1OCC(O)CN1CCN(c2ccc(Cl)c(Cl)c2)CC1. The van der Waals surface area contributed by atoms with Crippen LogP contribution in [0.2, 0.25) is 10.0 Å². The first kappa shape index (κ1) is 29.2. The number of Topliss-reactive ketones (excluding diaryl/α,β-unsaturated/α-hetero) is 1. The van der Waals surface area contributed by atoms with Crippen LogP contribution < -0.4 is 9.64 Å². The summed E-state index contributed by atoms with van der Waals surface area (Å²) < 4.78 is 19.7. The second kappa shape index (κ2) is 14.0. The third-order valence-electron chi connectivity index (χ3n) is 6.27. The maximum atomic E-state index is 13.9. The number of piperazine rings is 1. The summed E-state index contributed by atoms with van der Waals surface area (Å²) in [6, 6.07) is 19.2. The summed E-state index contributed by atoms with van der Waals surface area (Å²) in [6.07, 6.45) is 0.0564. The van der Waals surface area contributed by atoms with Crippen LogP contribution in [0.1, 0.15) is 22.3 Å². The Morgan fingerprint density at radius 1 is 0.973 bits per heavy atom. The summed E-state index contributed by atoms with van der Waals surface area (Å²) in [5.74, 6) is -0.398. The van der Waals surface area contributed by atoms with Gasteiger partial charge in [-0.25, -0.2) is 4.39 Å². The Bertz CT molecular complexity index is 1170. The molecular formula is C28H30Cl3FN2O3. The molecule has 1 saturated heterocycles. The van der Waals surface area contributed by atoms with Gasteiger partial charge in [0.05, 0.1) is 15.6 Å². The summed E-state index contributed by atoms with van der Waals surface area (Å²) in [6.45, 7) is 3.59. The zero-order valence-corrected chi connectivity index (χ0v) is 22.6. The molecule has 1 heterocycles. The Balaban J connectivity index is 0.00000380. The molecule has 1 unspecified atom stereocenters. The number of halogens is 4. The lowest BCUT2D eigenvalue weighted by Crippen LogP contribution is -2.49. The summed E-state index contributed by atoms with van der Waals surface area (Å²) in [7, 11) is 0. The largest absolute Gasteiger partial charge is 0.490 e. The van der Waals surface area contributed by atoms with E-state index in [4.69, 9.17) is 27.9 Å². The zero-order chi connectivity index (χ0) is 25.5. The molecule has 1 fully saturated rings. The summed E-state index contributed by atoms with van der Waals surface area (Å²) in [4.78, 5) is 17.2. The van der Waals surface area contributed by atoms with Crippen molar-refractivity contribution in [3.63, 3.8) is 0 Å². The lowest BCUT2D eigenvalue weighted by atomic mass is 10.0. The van der Waals surface area contributed by atoms with Gasteiger partial charge < -0.3 is 14.7 Å². The molecule has 4 rings (SSSR count). The maximum absolute atomic E-state index is 13.9. The van der Waals surface area contributed by atoms with Gasteiger partial charge in [-0.15, -0.1) is 12.4 Å². The first-order chi connectivity index (χ1) is 17.4. The van der Waals surface area contributed by atoms with Gasteiger partial charge in [-0.3, -0.25) is 9.69 Å². The monoisotopic (exact) mass is 566 g/mol. The lowest BCUT2D eigenvalue weighted by molar-refractivity contribution is 0.0655. The number of ketones is 1. The van der Waals surface area contributed by atoms with Gasteiger partial charge in [0.25, 0.3) is 0 Å². The van der Waals surface area contributed by atoms with Crippen molar-refractivity contribution in [3.8, 4) is 5.75 Å². The number of ether oxygens (including phenoxy) is 1. The Morgan fingerprint density at radius 3 is 2.41 bits per heavy atom. The third kappa shape index (κ3) is 8.32. The second-order valence-corrected chi connectivity index (χ2v) is 9.71. The molecule has 0 amide bonds. The molecule has 1 aliphatic heterocycles. The number of hydrogen-bond acceptors (Lipinski definition) is 5. The van der Waals surface area contributed by atoms with Crippen LogP contribution in [0.3, 0.4) is 0 Å². The molecule has 198 valence electrons. The first-order valence-electron chi connectivity index (χ1n) is 12.0. The molecule has 0 radical (unpaired) electrons. The molecule has 37 heavy (non-hydrogen) atoms. The maximum Gasteiger partial charge on any atom is 0.167 e. The van der Waals surface area contributed by atoms with E-state index < -0.39 is 11.9 Å². The Labute approximate surface area is 233 Å². The number of carbonyl (C=O) groups excluding carboxylic acids is 1. The van der Waals surface area contributed by atoms with Crippen molar-refractivity contribution in [2.75, 3.05) is 44.2 Å². The van der Waals surface area contributed by atoms with Crippen molar-refractivity contribution in [1.82, 2.24) is 4.90 Å². The number of benzene rings is 3. The highest BCUT2D eigenvalue weighted by molar-refractivity contribution is 6.42. The topological polar surface area (TPSA) is 53.0 Å². The van der Waals surface area contributed by atoms with Crippen molar-refractivity contribution < 1.29 is 19.0 Å². The summed E-state index contributed by atoms with van der Waals surface area (Å²) in [5, 5.41) is 11.6. The molecule has 3 aromatic carbocycles. The van der Waals surface area contributed by atoms with E-state index in [0.717, 1.165) is 37.4 Å². The van der Waals surface area contributed by atoms with Gasteiger partial charge in [0.15, 0.2) is 5.78 Å². The molecule has 0 saturated carbocycles. The van der Waals surface area contributed by atoms with Gasteiger partial charge in [0.1, 0.15) is 24.3 Å². The van der Waals surface area contributed by atoms with E-state index in [1.165, 1.54) is 18.2 Å². The van der Waals surface area contributed by atoms with E-state index in [-0.39, 0.29) is 42.5 Å². The van der Waals surface area contributed by atoms with Gasteiger partial charge in [-0.05, 0) is 48.4 Å². The van der Waals surface area contributed by atoms with Crippen LogP contribution >= 0.6 is 35.6 Å². The number of rotatable bonds is 10. The van der Waals surface area contributed by atoms with E-state index in [9.17, 15) is 14.3 Å². The highest BCUT2D eigenvalue weighted by atomic mass is 35.5. The highest BCUT2D eigenvalue weighted by Crippen LogP contribution is 2.28. The number of β-amino-alcohol motifs (C(OH)–C–C–N with tert-alkyl or cyclic N) is 1. The fourth-order valence-corrected chi connectivity index (χ4v) is 4.58. The molecule has 1 atom stereocenters. The number of anilines is 1. The van der Waals surface area contributed by atoms with Crippen LogP contribution in [-0.4, -0.2) is 61.2 Å². The second-order valence-electron chi connectivity index (χ2n) is 8.90. The van der Waals surface area contributed by atoms with Crippen molar-refractivity contribution in [3.05, 3.63) is 93.7 Å². The minimum absolute atomic E-state index is 0. The minimum atomic E-state index is -0.751. The number of aryl methyl sites for hydroxylation is 1. The lowest BCUT2D eigenvalue weighted by Gasteiger charge is -2.37. The zero-order valence-electron chi connectivity index (χ0n) is 20.3. The van der Waals surface area contributed by atoms with Crippen molar-refractivity contribution >= 4 is 47.1 Å².